The second-order valence-electron chi connectivity index (χ2n) is 12.3. The second kappa shape index (κ2) is 12.3. The van der Waals surface area contributed by atoms with E-state index in [1.165, 1.54) is 5.56 Å². The fourth-order valence-corrected chi connectivity index (χ4v) is 6.79. The number of esters is 1. The van der Waals surface area contributed by atoms with Gasteiger partial charge in [-0.15, -0.1) is 0 Å². The van der Waals surface area contributed by atoms with Crippen LogP contribution in [0.3, 0.4) is 0 Å². The Morgan fingerprint density at radius 3 is 1.62 bits per heavy atom. The van der Waals surface area contributed by atoms with Gasteiger partial charge in [-0.1, -0.05) is 149 Å². The minimum absolute atomic E-state index is 0.111. The Hall–Kier alpha value is -3.65. The maximum absolute atomic E-state index is 14.8. The molecule has 0 saturated heterocycles. The number of carbonyl (C=O) groups excluding carboxylic acids is 1. The number of rotatable bonds is 9. The lowest BCUT2D eigenvalue weighted by molar-refractivity contribution is -0.164. The van der Waals surface area contributed by atoms with Crippen molar-refractivity contribution in [3.05, 3.63) is 144 Å². The molecule has 3 atom stereocenters. The standard InChI is InChI=1S/C38H42O2/c1-29-24-25-34(37(2,3)32-20-12-6-13-21-32)35(26-29)40-36(39)38(33-22-14-7-15-23-33,27-30-16-8-4-9-17-30)28-31-18-10-5-11-19-31/h4-23,29,34-35H,24-28H2,1-3H3/t29-,34-,35-/m1/s1. The van der Waals surface area contributed by atoms with Gasteiger partial charge in [0.15, 0.2) is 0 Å². The van der Waals surface area contributed by atoms with E-state index in [-0.39, 0.29) is 23.4 Å². The van der Waals surface area contributed by atoms with Crippen molar-refractivity contribution in [3.63, 3.8) is 0 Å². The third-order valence-electron chi connectivity index (χ3n) is 9.17. The van der Waals surface area contributed by atoms with Gasteiger partial charge in [-0.2, -0.15) is 0 Å². The highest BCUT2D eigenvalue weighted by molar-refractivity contribution is 5.84. The van der Waals surface area contributed by atoms with Gasteiger partial charge in [0, 0.05) is 5.92 Å². The topological polar surface area (TPSA) is 26.3 Å². The summed E-state index contributed by atoms with van der Waals surface area (Å²) in [5, 5.41) is 0. The minimum Gasteiger partial charge on any atom is -0.461 e. The first-order chi connectivity index (χ1) is 19.4. The van der Waals surface area contributed by atoms with Crippen molar-refractivity contribution < 1.29 is 9.53 Å². The highest BCUT2D eigenvalue weighted by Gasteiger charge is 2.47. The Bertz CT molecular complexity index is 1300. The molecule has 0 aliphatic heterocycles. The van der Waals surface area contributed by atoms with Gasteiger partial charge in [-0.3, -0.25) is 4.79 Å². The van der Waals surface area contributed by atoms with E-state index >= 15 is 0 Å². The molecule has 4 aromatic carbocycles. The van der Waals surface area contributed by atoms with Crippen LogP contribution in [-0.2, 0) is 33.2 Å². The maximum atomic E-state index is 14.8. The molecular formula is C38H42O2. The highest BCUT2D eigenvalue weighted by atomic mass is 16.5. The van der Waals surface area contributed by atoms with Crippen molar-refractivity contribution in [3.8, 4) is 0 Å². The van der Waals surface area contributed by atoms with Gasteiger partial charge in [0.1, 0.15) is 11.5 Å². The van der Waals surface area contributed by atoms with Crippen LogP contribution in [0.5, 0.6) is 0 Å². The molecule has 5 rings (SSSR count). The van der Waals surface area contributed by atoms with Gasteiger partial charge in [-0.25, -0.2) is 0 Å². The van der Waals surface area contributed by atoms with Gasteiger partial charge in [0.05, 0.1) is 0 Å². The fraction of sp³-hybridized carbons (Fsp3) is 0.342. The summed E-state index contributed by atoms with van der Waals surface area (Å²) >= 11 is 0. The largest absolute Gasteiger partial charge is 0.461 e. The lowest BCUT2D eigenvalue weighted by Gasteiger charge is -2.45. The predicted molar refractivity (Wildman–Crippen MR) is 164 cm³/mol. The Kier molecular flexibility index (Phi) is 8.54. The molecule has 0 unspecified atom stereocenters. The molecule has 0 amide bonds. The summed E-state index contributed by atoms with van der Waals surface area (Å²) in [6.07, 6.45) is 4.14. The zero-order valence-corrected chi connectivity index (χ0v) is 24.1. The van der Waals surface area contributed by atoms with Gasteiger partial charge < -0.3 is 4.74 Å². The molecule has 206 valence electrons. The van der Waals surface area contributed by atoms with E-state index in [1.54, 1.807) is 0 Å². The van der Waals surface area contributed by atoms with E-state index in [1.807, 2.05) is 30.3 Å². The van der Waals surface area contributed by atoms with Crippen molar-refractivity contribution in [2.75, 3.05) is 0 Å². The molecule has 1 aliphatic carbocycles. The van der Waals surface area contributed by atoms with Crippen LogP contribution in [-0.4, -0.2) is 12.1 Å². The summed E-state index contributed by atoms with van der Waals surface area (Å²) in [6.45, 7) is 6.94. The van der Waals surface area contributed by atoms with E-state index in [9.17, 15) is 4.79 Å². The van der Waals surface area contributed by atoms with E-state index in [0.29, 0.717) is 18.8 Å². The van der Waals surface area contributed by atoms with Gasteiger partial charge >= 0.3 is 5.97 Å². The Morgan fingerprint density at radius 2 is 1.12 bits per heavy atom. The molecule has 1 fully saturated rings. The van der Waals surface area contributed by atoms with Gasteiger partial charge in [0.25, 0.3) is 0 Å². The zero-order chi connectivity index (χ0) is 28.0. The maximum Gasteiger partial charge on any atom is 0.317 e. The van der Waals surface area contributed by atoms with Crippen molar-refractivity contribution in [1.29, 1.82) is 0 Å². The lowest BCUT2D eigenvalue weighted by Crippen LogP contribution is -2.48. The van der Waals surface area contributed by atoms with E-state index in [0.717, 1.165) is 36.0 Å². The van der Waals surface area contributed by atoms with Crippen LogP contribution in [0.2, 0.25) is 0 Å². The predicted octanol–water partition coefficient (Wildman–Crippen LogP) is 8.74. The van der Waals surface area contributed by atoms with E-state index in [2.05, 4.69) is 112 Å². The molecule has 40 heavy (non-hydrogen) atoms. The molecule has 0 heterocycles. The monoisotopic (exact) mass is 530 g/mol. The number of carbonyl (C=O) groups is 1. The normalized spacial score (nSPS) is 19.6. The summed E-state index contributed by atoms with van der Waals surface area (Å²) in [4.78, 5) is 14.8. The Morgan fingerprint density at radius 1 is 0.675 bits per heavy atom. The third kappa shape index (κ3) is 6.07. The van der Waals surface area contributed by atoms with Crippen LogP contribution >= 0.6 is 0 Å². The number of benzene rings is 4. The van der Waals surface area contributed by atoms with Crippen LogP contribution < -0.4 is 0 Å². The first-order valence-electron chi connectivity index (χ1n) is 14.8. The minimum atomic E-state index is -0.841. The SMILES string of the molecule is C[C@@H]1CC[C@@H](C(C)(C)c2ccccc2)[C@H](OC(=O)C(Cc2ccccc2)(Cc2ccccc2)c2ccccc2)C1. The fourth-order valence-electron chi connectivity index (χ4n) is 6.79. The number of ether oxygens (including phenoxy) is 1. The zero-order valence-electron chi connectivity index (χ0n) is 24.1. The van der Waals surface area contributed by atoms with Crippen LogP contribution in [0.25, 0.3) is 0 Å². The van der Waals surface area contributed by atoms with Crippen molar-refractivity contribution in [2.45, 2.75) is 69.8 Å². The van der Waals surface area contributed by atoms with Crippen LogP contribution in [0.1, 0.15) is 62.3 Å². The van der Waals surface area contributed by atoms with Crippen molar-refractivity contribution >= 4 is 5.97 Å². The summed E-state index contributed by atoms with van der Waals surface area (Å²) in [7, 11) is 0. The molecule has 1 saturated carbocycles. The quantitative estimate of drug-likeness (QED) is 0.202. The smallest absolute Gasteiger partial charge is 0.317 e. The first kappa shape index (κ1) is 27.9. The Labute approximate surface area is 240 Å². The molecule has 0 bridgehead atoms. The van der Waals surface area contributed by atoms with Crippen LogP contribution in [0, 0.1) is 11.8 Å². The Balaban J connectivity index is 1.56. The average Bonchev–Trinajstić information content (AvgIpc) is 2.98. The molecule has 0 N–H and O–H groups in total. The molecule has 0 radical (unpaired) electrons. The summed E-state index contributed by atoms with van der Waals surface area (Å²) < 4.78 is 6.81. The molecule has 4 aromatic rings. The average molecular weight is 531 g/mol. The molecule has 0 spiro atoms. The number of hydrogen-bond acceptors (Lipinski definition) is 2. The van der Waals surface area contributed by atoms with Gasteiger partial charge in [-0.05, 0) is 59.3 Å². The third-order valence-corrected chi connectivity index (χ3v) is 9.17. The number of hydrogen-bond donors (Lipinski definition) is 0. The van der Waals surface area contributed by atoms with E-state index < -0.39 is 5.41 Å². The molecule has 2 heteroatoms. The van der Waals surface area contributed by atoms with Gasteiger partial charge in [0.2, 0.25) is 0 Å². The van der Waals surface area contributed by atoms with E-state index in [4.69, 9.17) is 4.74 Å². The van der Waals surface area contributed by atoms with Crippen LogP contribution in [0.15, 0.2) is 121 Å². The summed E-state index contributed by atoms with van der Waals surface area (Å²) in [5.74, 6) is 0.659. The second-order valence-corrected chi connectivity index (χ2v) is 12.3. The lowest BCUT2D eigenvalue weighted by atomic mass is 9.64. The molecule has 2 nitrogen and oxygen atoms in total. The van der Waals surface area contributed by atoms with Crippen molar-refractivity contribution in [2.24, 2.45) is 11.8 Å². The van der Waals surface area contributed by atoms with Crippen LogP contribution in [0.4, 0.5) is 0 Å². The molecule has 1 aliphatic rings. The molecular weight excluding hydrogens is 488 g/mol. The first-order valence-corrected chi connectivity index (χ1v) is 14.8. The molecule has 0 aromatic heterocycles. The van der Waals surface area contributed by atoms with Crippen molar-refractivity contribution in [1.82, 2.24) is 0 Å². The highest BCUT2D eigenvalue weighted by Crippen LogP contribution is 2.45. The summed E-state index contributed by atoms with van der Waals surface area (Å²) in [5.41, 5.74) is 3.64. The summed E-state index contributed by atoms with van der Waals surface area (Å²) in [6, 6.07) is 41.8.